The van der Waals surface area contributed by atoms with E-state index in [9.17, 15) is 9.59 Å². The van der Waals surface area contributed by atoms with E-state index in [4.69, 9.17) is 9.84 Å². The first-order valence-corrected chi connectivity index (χ1v) is 8.15. The van der Waals surface area contributed by atoms with E-state index in [1.54, 1.807) is 25.3 Å². The third-order valence-corrected chi connectivity index (χ3v) is 4.67. The molecule has 1 aromatic carbocycles. The predicted octanol–water partition coefficient (Wildman–Crippen LogP) is 3.17. The molecule has 2 rings (SSSR count). The van der Waals surface area contributed by atoms with Crippen LogP contribution in [-0.4, -0.2) is 42.1 Å². The van der Waals surface area contributed by atoms with Gasteiger partial charge in [0.2, 0.25) is 0 Å². The van der Waals surface area contributed by atoms with Crippen LogP contribution in [0.2, 0.25) is 0 Å². The number of nitrogens with zero attached hydrogens (tertiary/aromatic N) is 1. The van der Waals surface area contributed by atoms with Crippen LogP contribution in [0.15, 0.2) is 22.7 Å². The Kier molecular flexibility index (Phi) is 5.83. The summed E-state index contributed by atoms with van der Waals surface area (Å²) in [5, 5.41) is 8.79. The molecule has 0 radical (unpaired) electrons. The van der Waals surface area contributed by atoms with Gasteiger partial charge in [-0.25, -0.2) is 0 Å². The van der Waals surface area contributed by atoms with E-state index < -0.39 is 5.97 Å². The lowest BCUT2D eigenvalue weighted by molar-refractivity contribution is -0.137. The van der Waals surface area contributed by atoms with Crippen LogP contribution in [0.5, 0.6) is 5.75 Å². The second kappa shape index (κ2) is 7.63. The predicted molar refractivity (Wildman–Crippen MR) is 86.2 cm³/mol. The van der Waals surface area contributed by atoms with Crippen LogP contribution >= 0.6 is 15.9 Å². The van der Waals surface area contributed by atoms with Crippen molar-refractivity contribution >= 4 is 27.8 Å². The van der Waals surface area contributed by atoms with Crippen molar-refractivity contribution in [3.63, 3.8) is 0 Å². The minimum Gasteiger partial charge on any atom is -0.497 e. The van der Waals surface area contributed by atoms with Gasteiger partial charge >= 0.3 is 5.97 Å². The third kappa shape index (κ3) is 4.22. The van der Waals surface area contributed by atoms with E-state index in [1.807, 2.05) is 4.90 Å². The molecule has 0 spiro atoms. The van der Waals surface area contributed by atoms with Crippen molar-refractivity contribution < 1.29 is 19.4 Å². The molecule has 1 fully saturated rings. The van der Waals surface area contributed by atoms with Crippen LogP contribution in [-0.2, 0) is 4.79 Å². The van der Waals surface area contributed by atoms with Gasteiger partial charge < -0.3 is 14.7 Å². The van der Waals surface area contributed by atoms with Gasteiger partial charge in [0.25, 0.3) is 5.91 Å². The maximum Gasteiger partial charge on any atom is 0.303 e. The van der Waals surface area contributed by atoms with E-state index in [1.165, 1.54) is 0 Å². The van der Waals surface area contributed by atoms with Crippen molar-refractivity contribution in [1.82, 2.24) is 4.90 Å². The highest BCUT2D eigenvalue weighted by Gasteiger charge is 2.26. The molecule has 120 valence electrons. The molecule has 1 amide bonds. The molecule has 0 aliphatic carbocycles. The number of carbonyl (C=O) groups is 2. The van der Waals surface area contributed by atoms with Gasteiger partial charge in [-0.15, -0.1) is 0 Å². The number of carboxylic acids is 1. The second-order valence-electron chi connectivity index (χ2n) is 5.54. The highest BCUT2D eigenvalue weighted by atomic mass is 79.9. The Morgan fingerprint density at radius 3 is 2.91 bits per heavy atom. The summed E-state index contributed by atoms with van der Waals surface area (Å²) in [7, 11) is 1.57. The molecule has 22 heavy (non-hydrogen) atoms. The molecular weight excluding hydrogens is 350 g/mol. The molecule has 1 aliphatic heterocycles. The van der Waals surface area contributed by atoms with Gasteiger partial charge in [-0.3, -0.25) is 9.59 Å². The molecule has 1 heterocycles. The van der Waals surface area contributed by atoms with Gasteiger partial charge in [-0.2, -0.15) is 0 Å². The molecule has 0 saturated carbocycles. The zero-order valence-electron chi connectivity index (χ0n) is 12.5. The summed E-state index contributed by atoms with van der Waals surface area (Å²) in [5.41, 5.74) is 0.582. The zero-order valence-corrected chi connectivity index (χ0v) is 14.1. The summed E-state index contributed by atoms with van der Waals surface area (Å²) in [6, 6.07) is 5.33. The Morgan fingerprint density at radius 2 is 2.23 bits per heavy atom. The Bertz CT molecular complexity index is 561. The quantitative estimate of drug-likeness (QED) is 0.865. The van der Waals surface area contributed by atoms with Gasteiger partial charge in [0, 0.05) is 24.0 Å². The Balaban J connectivity index is 2.07. The number of carbonyl (C=O) groups excluding carboxylic acids is 1. The number of amides is 1. The van der Waals surface area contributed by atoms with Crippen LogP contribution in [0.4, 0.5) is 0 Å². The molecular formula is C16H20BrNO4. The molecule has 6 heteroatoms. The smallest absolute Gasteiger partial charge is 0.303 e. The number of aliphatic carboxylic acids is 1. The molecule has 1 N–H and O–H groups in total. The summed E-state index contributed by atoms with van der Waals surface area (Å²) in [6.07, 6.45) is 2.68. The summed E-state index contributed by atoms with van der Waals surface area (Å²) in [6.45, 7) is 1.34. The summed E-state index contributed by atoms with van der Waals surface area (Å²) >= 11 is 3.41. The number of carboxylic acid groups (broad SMARTS) is 1. The van der Waals surface area contributed by atoms with Crippen LogP contribution in [0.3, 0.4) is 0 Å². The largest absolute Gasteiger partial charge is 0.497 e. The second-order valence-corrected chi connectivity index (χ2v) is 6.39. The average Bonchev–Trinajstić information content (AvgIpc) is 2.53. The molecule has 0 bridgehead atoms. The van der Waals surface area contributed by atoms with E-state index in [0.29, 0.717) is 30.8 Å². The van der Waals surface area contributed by atoms with Crippen molar-refractivity contribution in [3.05, 3.63) is 28.2 Å². The van der Waals surface area contributed by atoms with Crippen LogP contribution in [0.1, 0.15) is 36.0 Å². The Morgan fingerprint density at radius 1 is 1.45 bits per heavy atom. The van der Waals surface area contributed by atoms with Crippen molar-refractivity contribution in [3.8, 4) is 5.75 Å². The number of rotatable bonds is 5. The standard InChI is InChI=1S/C16H20BrNO4/c1-22-12-5-6-14(17)13(9-12)16(21)18-8-2-3-11(10-18)4-7-15(19)20/h5-6,9,11H,2-4,7-8,10H2,1H3,(H,19,20). The van der Waals surface area contributed by atoms with E-state index >= 15 is 0 Å². The highest BCUT2D eigenvalue weighted by molar-refractivity contribution is 9.10. The Labute approximate surface area is 138 Å². The van der Waals surface area contributed by atoms with Crippen molar-refractivity contribution in [2.45, 2.75) is 25.7 Å². The lowest BCUT2D eigenvalue weighted by Crippen LogP contribution is -2.40. The van der Waals surface area contributed by atoms with Gasteiger partial charge in [0.05, 0.1) is 12.7 Å². The minimum atomic E-state index is -0.779. The number of hydrogen-bond acceptors (Lipinski definition) is 3. The average molecular weight is 370 g/mol. The summed E-state index contributed by atoms with van der Waals surface area (Å²) in [5.74, 6) is 0.0916. The minimum absolute atomic E-state index is 0.0363. The van der Waals surface area contributed by atoms with Gasteiger partial charge in [-0.1, -0.05) is 0 Å². The number of piperidine rings is 1. The molecule has 1 saturated heterocycles. The molecule has 1 unspecified atom stereocenters. The fourth-order valence-corrected chi connectivity index (χ4v) is 3.19. The van der Waals surface area contributed by atoms with Gasteiger partial charge in [0.1, 0.15) is 5.75 Å². The van der Waals surface area contributed by atoms with E-state index in [0.717, 1.165) is 17.3 Å². The highest BCUT2D eigenvalue weighted by Crippen LogP contribution is 2.27. The normalized spacial score (nSPS) is 18.1. The number of likely N-dealkylation sites (tertiary alicyclic amines) is 1. The van der Waals surface area contributed by atoms with Crippen LogP contribution in [0.25, 0.3) is 0 Å². The Hall–Kier alpha value is -1.56. The summed E-state index contributed by atoms with van der Waals surface area (Å²) in [4.78, 5) is 25.2. The molecule has 1 atom stereocenters. The molecule has 5 nitrogen and oxygen atoms in total. The SMILES string of the molecule is COc1ccc(Br)c(C(=O)N2CCCC(CCC(=O)O)C2)c1. The number of halogens is 1. The number of benzene rings is 1. The van der Waals surface area contributed by atoms with E-state index in [-0.39, 0.29) is 18.2 Å². The first-order valence-electron chi connectivity index (χ1n) is 7.36. The van der Waals surface area contributed by atoms with Crippen molar-refractivity contribution in [1.29, 1.82) is 0 Å². The molecule has 0 aromatic heterocycles. The third-order valence-electron chi connectivity index (χ3n) is 3.98. The van der Waals surface area contributed by atoms with Gasteiger partial charge in [-0.05, 0) is 59.3 Å². The molecule has 1 aromatic rings. The first-order chi connectivity index (χ1) is 10.5. The lowest BCUT2D eigenvalue weighted by atomic mass is 9.93. The fourth-order valence-electron chi connectivity index (χ4n) is 2.78. The summed E-state index contributed by atoms with van der Waals surface area (Å²) < 4.78 is 5.92. The van der Waals surface area contributed by atoms with Crippen molar-refractivity contribution in [2.75, 3.05) is 20.2 Å². The van der Waals surface area contributed by atoms with Gasteiger partial charge in [0.15, 0.2) is 0 Å². The first kappa shape index (κ1) is 16.8. The van der Waals surface area contributed by atoms with Crippen LogP contribution in [0, 0.1) is 5.92 Å². The maximum absolute atomic E-state index is 12.7. The van der Waals surface area contributed by atoms with Crippen LogP contribution < -0.4 is 4.74 Å². The lowest BCUT2D eigenvalue weighted by Gasteiger charge is -2.33. The van der Waals surface area contributed by atoms with Crippen molar-refractivity contribution in [2.24, 2.45) is 5.92 Å². The monoisotopic (exact) mass is 369 g/mol. The number of methoxy groups -OCH3 is 1. The maximum atomic E-state index is 12.7. The number of ether oxygens (including phenoxy) is 1. The molecule has 1 aliphatic rings. The fraction of sp³-hybridized carbons (Fsp3) is 0.500. The zero-order chi connectivity index (χ0) is 16.1. The number of hydrogen-bond donors (Lipinski definition) is 1. The van der Waals surface area contributed by atoms with E-state index in [2.05, 4.69) is 15.9 Å². The topological polar surface area (TPSA) is 66.8 Å².